The van der Waals surface area contributed by atoms with Crippen LogP contribution in [0.4, 0.5) is 5.13 Å². The molecular formula is C19H19N3OS3. The molecule has 1 aromatic heterocycles. The lowest BCUT2D eigenvalue weighted by Crippen LogP contribution is -2.22. The minimum Gasteiger partial charge on any atom is -0.300 e. The Labute approximate surface area is 165 Å². The number of carbonyl (C=O) groups excluding carboxylic acids is 1. The second kappa shape index (κ2) is 9.75. The van der Waals surface area contributed by atoms with Gasteiger partial charge in [0.1, 0.15) is 0 Å². The van der Waals surface area contributed by atoms with Gasteiger partial charge in [0.15, 0.2) is 4.34 Å². The molecule has 7 heteroatoms. The zero-order valence-corrected chi connectivity index (χ0v) is 16.7. The molecule has 0 bridgehead atoms. The summed E-state index contributed by atoms with van der Waals surface area (Å²) in [6.07, 6.45) is 0. The second-order valence-electron chi connectivity index (χ2n) is 5.58. The van der Waals surface area contributed by atoms with Gasteiger partial charge in [-0.05, 0) is 18.1 Å². The number of benzene rings is 2. The van der Waals surface area contributed by atoms with E-state index < -0.39 is 0 Å². The fraction of sp³-hybridized carbons (Fsp3) is 0.211. The van der Waals surface area contributed by atoms with E-state index in [1.165, 1.54) is 22.5 Å². The highest BCUT2D eigenvalue weighted by molar-refractivity contribution is 8.00. The van der Waals surface area contributed by atoms with E-state index in [1.807, 2.05) is 43.3 Å². The molecule has 0 spiro atoms. The van der Waals surface area contributed by atoms with Gasteiger partial charge in [-0.15, -0.1) is 22.0 Å². The average Bonchev–Trinajstić information content (AvgIpc) is 3.13. The summed E-state index contributed by atoms with van der Waals surface area (Å²) < 4.78 is 0.855. The van der Waals surface area contributed by atoms with Gasteiger partial charge in [-0.1, -0.05) is 83.8 Å². The lowest BCUT2D eigenvalue weighted by Gasteiger charge is -2.10. The molecule has 1 atom stereocenters. The van der Waals surface area contributed by atoms with Gasteiger partial charge >= 0.3 is 0 Å². The minimum atomic E-state index is -0.153. The third-order valence-electron chi connectivity index (χ3n) is 3.55. The number of amides is 1. The first kappa shape index (κ1) is 18.9. The zero-order chi connectivity index (χ0) is 18.2. The fourth-order valence-corrected chi connectivity index (χ4v) is 4.67. The molecule has 0 saturated heterocycles. The van der Waals surface area contributed by atoms with E-state index in [0.29, 0.717) is 5.13 Å². The van der Waals surface area contributed by atoms with Crippen molar-refractivity contribution < 1.29 is 4.79 Å². The lowest BCUT2D eigenvalue weighted by molar-refractivity contribution is -0.115. The molecule has 26 heavy (non-hydrogen) atoms. The van der Waals surface area contributed by atoms with Gasteiger partial charge in [-0.2, -0.15) is 0 Å². The van der Waals surface area contributed by atoms with E-state index in [1.54, 1.807) is 23.5 Å². The molecule has 4 nitrogen and oxygen atoms in total. The van der Waals surface area contributed by atoms with Crippen LogP contribution in [0.15, 0.2) is 65.0 Å². The number of nitrogens with one attached hydrogen (secondary N) is 1. The van der Waals surface area contributed by atoms with Crippen LogP contribution in [-0.2, 0) is 16.3 Å². The molecule has 0 radical (unpaired) electrons. The maximum atomic E-state index is 12.3. The molecule has 0 saturated carbocycles. The number of nitrogens with zero attached hydrogens (tertiary/aromatic N) is 2. The summed E-state index contributed by atoms with van der Waals surface area (Å²) in [7, 11) is 0. The molecule has 3 rings (SSSR count). The van der Waals surface area contributed by atoms with E-state index in [2.05, 4.69) is 39.8 Å². The smallest absolute Gasteiger partial charge is 0.239 e. The Balaban J connectivity index is 1.46. The second-order valence-corrected chi connectivity index (χ2v) is 9.10. The summed E-state index contributed by atoms with van der Waals surface area (Å²) in [5.74, 6) is 1.61. The molecular weight excluding hydrogens is 382 g/mol. The normalized spacial score (nSPS) is 11.9. The van der Waals surface area contributed by atoms with Crippen molar-refractivity contribution in [2.24, 2.45) is 0 Å². The van der Waals surface area contributed by atoms with Gasteiger partial charge < -0.3 is 0 Å². The molecule has 0 unspecified atom stereocenters. The van der Waals surface area contributed by atoms with Gasteiger partial charge in [-0.3, -0.25) is 10.1 Å². The minimum absolute atomic E-state index is 0.0401. The van der Waals surface area contributed by atoms with Crippen molar-refractivity contribution in [3.05, 3.63) is 71.8 Å². The molecule has 2 aromatic carbocycles. The van der Waals surface area contributed by atoms with Crippen LogP contribution in [0.2, 0.25) is 0 Å². The SMILES string of the molecule is C[C@H](SCc1ccccc1)C(=O)Nc1nnc(SCc2ccccc2)s1. The molecule has 134 valence electrons. The third-order valence-corrected chi connectivity index (χ3v) is 6.81. The molecule has 0 aliphatic heterocycles. The third kappa shape index (κ3) is 5.86. The number of hydrogen-bond donors (Lipinski definition) is 1. The first-order valence-corrected chi connectivity index (χ1v) is 11.0. The quantitative estimate of drug-likeness (QED) is 0.421. The van der Waals surface area contributed by atoms with E-state index in [9.17, 15) is 4.79 Å². The Hall–Kier alpha value is -1.83. The van der Waals surface area contributed by atoms with Crippen molar-refractivity contribution in [2.75, 3.05) is 5.32 Å². The summed E-state index contributed by atoms with van der Waals surface area (Å²) in [5, 5.41) is 11.5. The summed E-state index contributed by atoms with van der Waals surface area (Å²) in [6.45, 7) is 1.91. The molecule has 0 aliphatic carbocycles. The van der Waals surface area contributed by atoms with Crippen molar-refractivity contribution in [3.8, 4) is 0 Å². The molecule has 1 heterocycles. The van der Waals surface area contributed by atoms with E-state index in [-0.39, 0.29) is 11.2 Å². The van der Waals surface area contributed by atoms with Gasteiger partial charge in [0.2, 0.25) is 11.0 Å². The maximum Gasteiger partial charge on any atom is 0.239 e. The number of thioether (sulfide) groups is 2. The van der Waals surface area contributed by atoms with Crippen LogP contribution >= 0.6 is 34.9 Å². The van der Waals surface area contributed by atoms with Crippen molar-refractivity contribution in [1.29, 1.82) is 0 Å². The van der Waals surface area contributed by atoms with Crippen LogP contribution in [-0.4, -0.2) is 21.4 Å². The van der Waals surface area contributed by atoms with Gasteiger partial charge in [0.05, 0.1) is 5.25 Å². The Morgan fingerprint density at radius 1 is 1.00 bits per heavy atom. The predicted octanol–water partition coefficient (Wildman–Crippen LogP) is 5.09. The summed E-state index contributed by atoms with van der Waals surface area (Å²) in [6, 6.07) is 20.4. The maximum absolute atomic E-state index is 12.3. The Kier molecular flexibility index (Phi) is 7.11. The zero-order valence-electron chi connectivity index (χ0n) is 14.3. The number of aromatic nitrogens is 2. The van der Waals surface area contributed by atoms with Crippen LogP contribution in [0.5, 0.6) is 0 Å². The summed E-state index contributed by atoms with van der Waals surface area (Å²) in [4.78, 5) is 12.3. The summed E-state index contributed by atoms with van der Waals surface area (Å²) in [5.41, 5.74) is 2.46. The van der Waals surface area contributed by atoms with E-state index in [0.717, 1.165) is 15.8 Å². The number of carbonyl (C=O) groups is 1. The molecule has 0 aliphatic rings. The molecule has 0 fully saturated rings. The standard InChI is InChI=1S/C19H19N3OS3/c1-14(24-12-15-8-4-2-5-9-15)17(23)20-18-21-22-19(26-18)25-13-16-10-6-3-7-11-16/h2-11,14H,12-13H2,1H3,(H,20,21,23)/t14-/m0/s1. The first-order valence-electron chi connectivity index (χ1n) is 8.17. The lowest BCUT2D eigenvalue weighted by atomic mass is 10.2. The number of rotatable bonds is 8. The number of anilines is 1. The van der Waals surface area contributed by atoms with Crippen molar-refractivity contribution in [2.45, 2.75) is 28.0 Å². The molecule has 3 aromatic rings. The highest BCUT2D eigenvalue weighted by atomic mass is 32.2. The number of hydrogen-bond acceptors (Lipinski definition) is 6. The summed E-state index contributed by atoms with van der Waals surface area (Å²) >= 11 is 4.65. The van der Waals surface area contributed by atoms with Crippen LogP contribution < -0.4 is 5.32 Å². The van der Waals surface area contributed by atoms with E-state index in [4.69, 9.17) is 0 Å². The monoisotopic (exact) mass is 401 g/mol. The Morgan fingerprint density at radius 3 is 2.27 bits per heavy atom. The van der Waals surface area contributed by atoms with Crippen LogP contribution in [0.25, 0.3) is 0 Å². The van der Waals surface area contributed by atoms with Crippen LogP contribution in [0.3, 0.4) is 0 Å². The van der Waals surface area contributed by atoms with Crippen molar-refractivity contribution >= 4 is 45.9 Å². The largest absolute Gasteiger partial charge is 0.300 e. The Morgan fingerprint density at radius 2 is 1.62 bits per heavy atom. The highest BCUT2D eigenvalue weighted by Crippen LogP contribution is 2.28. The van der Waals surface area contributed by atoms with Crippen LogP contribution in [0, 0.1) is 0 Å². The van der Waals surface area contributed by atoms with Crippen molar-refractivity contribution in [1.82, 2.24) is 10.2 Å². The van der Waals surface area contributed by atoms with Crippen molar-refractivity contribution in [3.63, 3.8) is 0 Å². The fourth-order valence-electron chi connectivity index (χ4n) is 2.12. The molecule has 1 N–H and O–H groups in total. The average molecular weight is 402 g/mol. The highest BCUT2D eigenvalue weighted by Gasteiger charge is 2.16. The first-order chi connectivity index (χ1) is 12.7. The topological polar surface area (TPSA) is 54.9 Å². The Bertz CT molecular complexity index is 824. The van der Waals surface area contributed by atoms with Gasteiger partial charge in [0, 0.05) is 11.5 Å². The van der Waals surface area contributed by atoms with Crippen LogP contribution in [0.1, 0.15) is 18.1 Å². The molecule has 1 amide bonds. The van der Waals surface area contributed by atoms with Gasteiger partial charge in [-0.25, -0.2) is 0 Å². The van der Waals surface area contributed by atoms with Gasteiger partial charge in [0.25, 0.3) is 0 Å². The predicted molar refractivity (Wildman–Crippen MR) is 112 cm³/mol. The van der Waals surface area contributed by atoms with E-state index >= 15 is 0 Å².